The van der Waals surface area contributed by atoms with Gasteiger partial charge in [-0.25, -0.2) is 9.78 Å². The Morgan fingerprint density at radius 1 is 1.60 bits per heavy atom. The minimum atomic E-state index is -0.927. The third-order valence-electron chi connectivity index (χ3n) is 2.62. The molecule has 1 heterocycles. The predicted octanol–water partition coefficient (Wildman–Crippen LogP) is 1.77. The van der Waals surface area contributed by atoms with E-state index in [0.717, 1.165) is 12.4 Å². The van der Waals surface area contributed by atoms with E-state index >= 15 is 0 Å². The highest BCUT2D eigenvalue weighted by Crippen LogP contribution is 2.30. The molecular weight excluding hydrogens is 192 g/mol. The molecule has 1 fully saturated rings. The Hall–Kier alpha value is -1.58. The number of carbonyl (C=O) groups is 1. The predicted molar refractivity (Wildman–Crippen MR) is 57.2 cm³/mol. The van der Waals surface area contributed by atoms with Crippen LogP contribution in [-0.4, -0.2) is 28.6 Å². The molecule has 0 unspecified atom stereocenters. The molecule has 1 saturated carbocycles. The lowest BCUT2D eigenvalue weighted by atomic mass is 10.3. The van der Waals surface area contributed by atoms with Crippen LogP contribution in [0.5, 0.6) is 0 Å². The molecule has 80 valence electrons. The maximum Gasteiger partial charge on any atom is 0.337 e. The summed E-state index contributed by atoms with van der Waals surface area (Å²) in [4.78, 5) is 17.0. The SMILES string of the molecule is CCN(c1ccc(C(=O)O)cn1)C1CC1. The summed E-state index contributed by atoms with van der Waals surface area (Å²) in [6.45, 7) is 3.01. The van der Waals surface area contributed by atoms with Gasteiger partial charge in [0.2, 0.25) is 0 Å². The summed E-state index contributed by atoms with van der Waals surface area (Å²) >= 11 is 0. The molecule has 1 aliphatic rings. The van der Waals surface area contributed by atoms with Crippen LogP contribution >= 0.6 is 0 Å². The van der Waals surface area contributed by atoms with Crippen LogP contribution in [0.25, 0.3) is 0 Å². The van der Waals surface area contributed by atoms with Gasteiger partial charge in [0.05, 0.1) is 5.56 Å². The molecule has 15 heavy (non-hydrogen) atoms. The smallest absolute Gasteiger partial charge is 0.337 e. The van der Waals surface area contributed by atoms with Gasteiger partial charge in [0.15, 0.2) is 0 Å². The third-order valence-corrected chi connectivity index (χ3v) is 2.62. The van der Waals surface area contributed by atoms with E-state index in [2.05, 4.69) is 16.8 Å². The summed E-state index contributed by atoms with van der Waals surface area (Å²) in [5.41, 5.74) is 0.241. The Bertz CT molecular complexity index is 357. The maximum absolute atomic E-state index is 10.6. The number of carboxylic acids is 1. The van der Waals surface area contributed by atoms with Gasteiger partial charge in [-0.15, -0.1) is 0 Å². The van der Waals surface area contributed by atoms with Gasteiger partial charge >= 0.3 is 5.97 Å². The van der Waals surface area contributed by atoms with Crippen LogP contribution in [0.15, 0.2) is 18.3 Å². The van der Waals surface area contributed by atoms with Crippen molar-refractivity contribution in [2.45, 2.75) is 25.8 Å². The highest BCUT2D eigenvalue weighted by atomic mass is 16.4. The van der Waals surface area contributed by atoms with Gasteiger partial charge in [-0.1, -0.05) is 0 Å². The molecule has 1 N–H and O–H groups in total. The standard InChI is InChI=1S/C11H14N2O2/c1-2-13(9-4-5-9)10-6-3-8(7-12-10)11(14)15/h3,6-7,9H,2,4-5H2,1H3,(H,14,15). The van der Waals surface area contributed by atoms with Gasteiger partial charge in [0.25, 0.3) is 0 Å². The number of aromatic carboxylic acids is 1. The summed E-state index contributed by atoms with van der Waals surface area (Å²) in [6, 6.07) is 4.00. The Kier molecular flexibility index (Phi) is 2.58. The molecule has 4 heteroatoms. The van der Waals surface area contributed by atoms with Gasteiger partial charge in [-0.3, -0.25) is 0 Å². The topological polar surface area (TPSA) is 53.4 Å². The average Bonchev–Trinajstić information content (AvgIpc) is 3.04. The first kappa shape index (κ1) is 9.96. The number of pyridine rings is 1. The van der Waals surface area contributed by atoms with E-state index in [1.165, 1.54) is 19.0 Å². The molecular formula is C11H14N2O2. The lowest BCUT2D eigenvalue weighted by Gasteiger charge is -2.21. The van der Waals surface area contributed by atoms with Gasteiger partial charge in [-0.2, -0.15) is 0 Å². The van der Waals surface area contributed by atoms with Crippen molar-refractivity contribution >= 4 is 11.8 Å². The fourth-order valence-electron chi connectivity index (χ4n) is 1.68. The van der Waals surface area contributed by atoms with E-state index < -0.39 is 5.97 Å². The number of hydrogen-bond donors (Lipinski definition) is 1. The van der Waals surface area contributed by atoms with E-state index in [9.17, 15) is 4.79 Å². The zero-order chi connectivity index (χ0) is 10.8. The van der Waals surface area contributed by atoms with Crippen molar-refractivity contribution in [3.63, 3.8) is 0 Å². The summed E-state index contributed by atoms with van der Waals surface area (Å²) in [6.07, 6.45) is 3.86. The molecule has 0 spiro atoms. The lowest BCUT2D eigenvalue weighted by molar-refractivity contribution is 0.0696. The minimum Gasteiger partial charge on any atom is -0.478 e. The van der Waals surface area contributed by atoms with Crippen LogP contribution in [0.2, 0.25) is 0 Å². The second-order valence-corrected chi connectivity index (χ2v) is 3.73. The van der Waals surface area contributed by atoms with E-state index in [-0.39, 0.29) is 5.56 Å². The molecule has 0 bridgehead atoms. The highest BCUT2D eigenvalue weighted by Gasteiger charge is 2.28. The fourth-order valence-corrected chi connectivity index (χ4v) is 1.68. The normalized spacial score (nSPS) is 15.0. The van der Waals surface area contributed by atoms with Gasteiger partial charge < -0.3 is 10.0 Å². The fraction of sp³-hybridized carbons (Fsp3) is 0.455. The van der Waals surface area contributed by atoms with Crippen molar-refractivity contribution in [2.24, 2.45) is 0 Å². The van der Waals surface area contributed by atoms with Crippen LogP contribution in [-0.2, 0) is 0 Å². The van der Waals surface area contributed by atoms with E-state index in [1.807, 2.05) is 0 Å². The van der Waals surface area contributed by atoms with Gasteiger partial charge in [0, 0.05) is 18.8 Å². The van der Waals surface area contributed by atoms with Crippen LogP contribution in [0.1, 0.15) is 30.1 Å². The van der Waals surface area contributed by atoms with Crippen molar-refractivity contribution in [3.05, 3.63) is 23.9 Å². The van der Waals surface area contributed by atoms with Gasteiger partial charge in [-0.05, 0) is 31.9 Å². The third kappa shape index (κ3) is 2.09. The average molecular weight is 206 g/mol. The zero-order valence-corrected chi connectivity index (χ0v) is 8.68. The molecule has 1 aromatic heterocycles. The number of hydrogen-bond acceptors (Lipinski definition) is 3. The van der Waals surface area contributed by atoms with Crippen molar-refractivity contribution in [1.29, 1.82) is 0 Å². The second-order valence-electron chi connectivity index (χ2n) is 3.73. The Labute approximate surface area is 88.6 Å². The molecule has 2 rings (SSSR count). The molecule has 0 radical (unpaired) electrons. The molecule has 0 aliphatic heterocycles. The lowest BCUT2D eigenvalue weighted by Crippen LogP contribution is -2.25. The number of anilines is 1. The zero-order valence-electron chi connectivity index (χ0n) is 8.68. The van der Waals surface area contributed by atoms with E-state index in [4.69, 9.17) is 5.11 Å². The molecule has 0 saturated heterocycles. The summed E-state index contributed by atoms with van der Waals surface area (Å²) < 4.78 is 0. The first-order valence-electron chi connectivity index (χ1n) is 5.18. The van der Waals surface area contributed by atoms with Crippen LogP contribution in [0.3, 0.4) is 0 Å². The van der Waals surface area contributed by atoms with Crippen molar-refractivity contribution in [1.82, 2.24) is 4.98 Å². The first-order chi connectivity index (χ1) is 7.22. The quantitative estimate of drug-likeness (QED) is 0.815. The van der Waals surface area contributed by atoms with Crippen LogP contribution in [0.4, 0.5) is 5.82 Å². The van der Waals surface area contributed by atoms with Crippen LogP contribution < -0.4 is 4.90 Å². The van der Waals surface area contributed by atoms with Crippen molar-refractivity contribution in [3.8, 4) is 0 Å². The number of nitrogens with zero attached hydrogens (tertiary/aromatic N) is 2. The maximum atomic E-state index is 10.6. The number of aromatic nitrogens is 1. The highest BCUT2D eigenvalue weighted by molar-refractivity contribution is 5.87. The van der Waals surface area contributed by atoms with Crippen LogP contribution in [0, 0.1) is 0 Å². The summed E-state index contributed by atoms with van der Waals surface area (Å²) in [5, 5.41) is 8.74. The second kappa shape index (κ2) is 3.88. The Morgan fingerprint density at radius 2 is 2.33 bits per heavy atom. The minimum absolute atomic E-state index is 0.241. The first-order valence-corrected chi connectivity index (χ1v) is 5.18. The molecule has 0 amide bonds. The molecule has 1 aromatic rings. The Morgan fingerprint density at radius 3 is 2.73 bits per heavy atom. The largest absolute Gasteiger partial charge is 0.478 e. The molecule has 0 atom stereocenters. The van der Waals surface area contributed by atoms with Gasteiger partial charge in [0.1, 0.15) is 5.82 Å². The summed E-state index contributed by atoms with van der Waals surface area (Å²) in [7, 11) is 0. The molecule has 1 aliphatic carbocycles. The number of rotatable bonds is 4. The Balaban J connectivity index is 2.17. The van der Waals surface area contributed by atoms with E-state index in [1.54, 1.807) is 12.1 Å². The number of carboxylic acid groups (broad SMARTS) is 1. The monoisotopic (exact) mass is 206 g/mol. The van der Waals surface area contributed by atoms with Crippen molar-refractivity contribution in [2.75, 3.05) is 11.4 Å². The van der Waals surface area contributed by atoms with Crippen molar-refractivity contribution < 1.29 is 9.90 Å². The van der Waals surface area contributed by atoms with E-state index in [0.29, 0.717) is 6.04 Å². The molecule has 4 nitrogen and oxygen atoms in total. The summed E-state index contributed by atoms with van der Waals surface area (Å²) in [5.74, 6) is -0.0477. The molecule has 0 aromatic carbocycles.